The predicted molar refractivity (Wildman–Crippen MR) is 124 cm³/mol. The highest BCUT2D eigenvalue weighted by molar-refractivity contribution is 7.16. The van der Waals surface area contributed by atoms with E-state index in [0.29, 0.717) is 0 Å². The number of hydrogen-bond donors (Lipinski definition) is 1. The Hall–Kier alpha value is -2.34. The summed E-state index contributed by atoms with van der Waals surface area (Å²) in [7, 11) is 1.66. The summed E-state index contributed by atoms with van der Waals surface area (Å²) in [6.07, 6.45) is 1.75. The molecule has 0 bridgehead atoms. The third-order valence-electron chi connectivity index (χ3n) is 5.50. The van der Waals surface area contributed by atoms with Crippen LogP contribution in [0, 0.1) is 5.92 Å². The number of nitrogens with zero attached hydrogens (tertiary/aromatic N) is 1. The highest BCUT2D eigenvalue weighted by Gasteiger charge is 2.25. The maximum Gasteiger partial charge on any atom is 0.227 e. The van der Waals surface area contributed by atoms with E-state index in [9.17, 15) is 4.79 Å². The van der Waals surface area contributed by atoms with Gasteiger partial charge in [-0.15, -0.1) is 11.3 Å². The van der Waals surface area contributed by atoms with Crippen LogP contribution in [0.2, 0.25) is 4.34 Å². The van der Waals surface area contributed by atoms with Gasteiger partial charge in [0.25, 0.3) is 0 Å². The van der Waals surface area contributed by atoms with Crippen LogP contribution in [0.15, 0.2) is 60.7 Å². The molecule has 2 heterocycles. The Kier molecular flexibility index (Phi) is 6.72. The van der Waals surface area contributed by atoms with E-state index < -0.39 is 0 Å². The van der Waals surface area contributed by atoms with E-state index in [4.69, 9.17) is 16.3 Å². The van der Waals surface area contributed by atoms with Gasteiger partial charge in [0.15, 0.2) is 0 Å². The van der Waals surface area contributed by atoms with E-state index in [1.807, 2.05) is 54.6 Å². The molecule has 1 aliphatic rings. The molecule has 4 nitrogen and oxygen atoms in total. The zero-order valence-electron chi connectivity index (χ0n) is 16.9. The Morgan fingerprint density at radius 1 is 1.10 bits per heavy atom. The second-order valence-electron chi connectivity index (χ2n) is 7.56. The normalized spacial score (nSPS) is 15.1. The Morgan fingerprint density at radius 2 is 1.83 bits per heavy atom. The third kappa shape index (κ3) is 5.22. The highest BCUT2D eigenvalue weighted by Crippen LogP contribution is 2.28. The van der Waals surface area contributed by atoms with Crippen LogP contribution in [0.4, 0.5) is 5.69 Å². The number of halogens is 1. The standard InChI is InChI=1S/C24H25ClN2O2S/c1-29-21-7-3-5-19(15-21)18-4-2-6-20(14-18)26-24(28)17-10-12-27(13-11-17)16-22-8-9-23(25)30-22/h2-9,14-15,17H,10-13,16H2,1H3,(H,26,28). The van der Waals surface area contributed by atoms with Gasteiger partial charge < -0.3 is 10.1 Å². The van der Waals surface area contributed by atoms with Crippen LogP contribution in [0.5, 0.6) is 5.75 Å². The van der Waals surface area contributed by atoms with E-state index in [1.54, 1.807) is 18.4 Å². The topological polar surface area (TPSA) is 41.6 Å². The first-order valence-electron chi connectivity index (χ1n) is 10.1. The molecule has 1 N–H and O–H groups in total. The summed E-state index contributed by atoms with van der Waals surface area (Å²) in [5.41, 5.74) is 2.94. The van der Waals surface area contributed by atoms with Gasteiger partial charge in [0.2, 0.25) is 5.91 Å². The maximum absolute atomic E-state index is 12.8. The van der Waals surface area contributed by atoms with Gasteiger partial charge in [-0.05, 0) is 73.5 Å². The number of methoxy groups -OCH3 is 1. The van der Waals surface area contributed by atoms with Crippen molar-refractivity contribution in [3.8, 4) is 16.9 Å². The van der Waals surface area contributed by atoms with Crippen LogP contribution in [0.25, 0.3) is 11.1 Å². The molecule has 1 aliphatic heterocycles. The second kappa shape index (κ2) is 9.65. The SMILES string of the molecule is COc1cccc(-c2cccc(NC(=O)C3CCN(Cc4ccc(Cl)s4)CC3)c2)c1. The van der Waals surface area contributed by atoms with Gasteiger partial charge in [-0.2, -0.15) is 0 Å². The molecule has 2 aromatic carbocycles. The quantitative estimate of drug-likeness (QED) is 0.516. The summed E-state index contributed by atoms with van der Waals surface area (Å²) >= 11 is 7.65. The molecule has 1 amide bonds. The summed E-state index contributed by atoms with van der Waals surface area (Å²) in [6, 6.07) is 19.9. The Labute approximate surface area is 186 Å². The van der Waals surface area contributed by atoms with Crippen LogP contribution in [0.3, 0.4) is 0 Å². The minimum absolute atomic E-state index is 0.0497. The van der Waals surface area contributed by atoms with Crippen molar-refractivity contribution in [2.45, 2.75) is 19.4 Å². The zero-order valence-corrected chi connectivity index (χ0v) is 18.5. The first kappa shape index (κ1) is 20.9. The van der Waals surface area contributed by atoms with Crippen molar-refractivity contribution < 1.29 is 9.53 Å². The van der Waals surface area contributed by atoms with Crippen LogP contribution >= 0.6 is 22.9 Å². The molecule has 4 rings (SSSR count). The Bertz CT molecular complexity index is 1010. The lowest BCUT2D eigenvalue weighted by Gasteiger charge is -2.30. The van der Waals surface area contributed by atoms with E-state index >= 15 is 0 Å². The first-order chi connectivity index (χ1) is 14.6. The molecule has 3 aromatic rings. The average molecular weight is 441 g/mol. The van der Waals surface area contributed by atoms with E-state index in [0.717, 1.165) is 59.4 Å². The fourth-order valence-corrected chi connectivity index (χ4v) is 4.96. The second-order valence-corrected chi connectivity index (χ2v) is 9.36. The van der Waals surface area contributed by atoms with Crippen molar-refractivity contribution in [1.82, 2.24) is 4.90 Å². The number of anilines is 1. The van der Waals surface area contributed by atoms with E-state index in [-0.39, 0.29) is 11.8 Å². The highest BCUT2D eigenvalue weighted by atomic mass is 35.5. The molecule has 156 valence electrons. The lowest BCUT2D eigenvalue weighted by molar-refractivity contribution is -0.121. The summed E-state index contributed by atoms with van der Waals surface area (Å²) in [5.74, 6) is 0.976. The predicted octanol–water partition coefficient (Wildman–Crippen LogP) is 5.93. The van der Waals surface area contributed by atoms with Crippen molar-refractivity contribution in [3.63, 3.8) is 0 Å². The number of amides is 1. The van der Waals surface area contributed by atoms with Gasteiger partial charge >= 0.3 is 0 Å². The number of benzene rings is 2. The first-order valence-corrected chi connectivity index (χ1v) is 11.3. The summed E-state index contributed by atoms with van der Waals surface area (Å²) in [6.45, 7) is 2.77. The minimum atomic E-state index is 0.0497. The maximum atomic E-state index is 12.8. The molecular weight excluding hydrogens is 416 g/mol. The molecule has 0 saturated carbocycles. The molecule has 0 atom stereocenters. The van der Waals surface area contributed by atoms with Crippen LogP contribution in [-0.2, 0) is 11.3 Å². The van der Waals surface area contributed by atoms with Gasteiger partial charge in [-0.25, -0.2) is 0 Å². The lowest BCUT2D eigenvalue weighted by Crippen LogP contribution is -2.37. The Balaban J connectivity index is 1.34. The number of ether oxygens (including phenoxy) is 1. The molecule has 0 spiro atoms. The van der Waals surface area contributed by atoms with Crippen LogP contribution < -0.4 is 10.1 Å². The van der Waals surface area contributed by atoms with Gasteiger partial charge in [-0.1, -0.05) is 35.9 Å². The molecule has 6 heteroatoms. The molecule has 1 saturated heterocycles. The van der Waals surface area contributed by atoms with Crippen molar-refractivity contribution in [3.05, 3.63) is 69.9 Å². The fraction of sp³-hybridized carbons (Fsp3) is 0.292. The van der Waals surface area contributed by atoms with Crippen molar-refractivity contribution in [2.24, 2.45) is 5.92 Å². The van der Waals surface area contributed by atoms with Gasteiger partial charge in [0, 0.05) is 23.0 Å². The third-order valence-corrected chi connectivity index (χ3v) is 6.72. The summed E-state index contributed by atoms with van der Waals surface area (Å²) in [5, 5.41) is 3.11. The zero-order chi connectivity index (χ0) is 20.9. The minimum Gasteiger partial charge on any atom is -0.497 e. The van der Waals surface area contributed by atoms with Crippen molar-refractivity contribution in [2.75, 3.05) is 25.5 Å². The number of rotatable bonds is 6. The van der Waals surface area contributed by atoms with Gasteiger partial charge in [0.1, 0.15) is 5.75 Å². The number of likely N-dealkylation sites (tertiary alicyclic amines) is 1. The number of thiophene rings is 1. The fourth-order valence-electron chi connectivity index (χ4n) is 3.83. The van der Waals surface area contributed by atoms with Crippen molar-refractivity contribution in [1.29, 1.82) is 0 Å². The largest absolute Gasteiger partial charge is 0.497 e. The lowest BCUT2D eigenvalue weighted by atomic mass is 9.95. The van der Waals surface area contributed by atoms with E-state index in [1.165, 1.54) is 4.88 Å². The number of carbonyl (C=O) groups is 1. The smallest absolute Gasteiger partial charge is 0.227 e. The molecule has 0 radical (unpaired) electrons. The number of piperidine rings is 1. The number of carbonyl (C=O) groups excluding carboxylic acids is 1. The van der Waals surface area contributed by atoms with E-state index in [2.05, 4.69) is 16.3 Å². The molecule has 0 aliphatic carbocycles. The van der Waals surface area contributed by atoms with Gasteiger partial charge in [-0.3, -0.25) is 9.69 Å². The van der Waals surface area contributed by atoms with Crippen LogP contribution in [-0.4, -0.2) is 31.0 Å². The van der Waals surface area contributed by atoms with Crippen LogP contribution in [0.1, 0.15) is 17.7 Å². The average Bonchev–Trinajstić information content (AvgIpc) is 3.19. The number of nitrogens with one attached hydrogen (secondary N) is 1. The molecule has 30 heavy (non-hydrogen) atoms. The number of hydrogen-bond acceptors (Lipinski definition) is 4. The summed E-state index contributed by atoms with van der Waals surface area (Å²) < 4.78 is 6.15. The molecule has 1 fully saturated rings. The van der Waals surface area contributed by atoms with Gasteiger partial charge in [0.05, 0.1) is 11.4 Å². The molecular formula is C24H25ClN2O2S. The summed E-state index contributed by atoms with van der Waals surface area (Å²) in [4.78, 5) is 16.5. The molecule has 0 unspecified atom stereocenters. The molecule has 1 aromatic heterocycles. The monoisotopic (exact) mass is 440 g/mol. The Morgan fingerprint density at radius 3 is 2.53 bits per heavy atom. The van der Waals surface area contributed by atoms with Crippen molar-refractivity contribution >= 4 is 34.5 Å².